The van der Waals surface area contributed by atoms with Crippen LogP contribution in [0.5, 0.6) is 5.75 Å². The number of anilines is 3. The Balaban J connectivity index is 1.58. The van der Waals surface area contributed by atoms with Gasteiger partial charge >= 0.3 is 0 Å². The summed E-state index contributed by atoms with van der Waals surface area (Å²) in [5.41, 5.74) is 5.42. The highest BCUT2D eigenvalue weighted by molar-refractivity contribution is 7.99. The normalized spacial score (nSPS) is 15.7. The summed E-state index contributed by atoms with van der Waals surface area (Å²) >= 11 is 1.94. The predicted molar refractivity (Wildman–Crippen MR) is 141 cm³/mol. The fourth-order valence-corrected chi connectivity index (χ4v) is 5.13. The minimum absolute atomic E-state index is 0.461. The number of hydrogen-bond donors (Lipinski definition) is 1. The molecule has 176 valence electrons. The Morgan fingerprint density at radius 3 is 2.82 bits per heavy atom. The minimum Gasteiger partial charge on any atom is -0.491 e. The molecule has 1 aromatic heterocycles. The number of unbranched alkanes of at least 4 members (excludes halogenated alkanes) is 1. The van der Waals surface area contributed by atoms with Gasteiger partial charge in [0.2, 0.25) is 0 Å². The third-order valence-corrected chi connectivity index (χ3v) is 7.27. The maximum Gasteiger partial charge on any atom is 0.144 e. The molecule has 33 heavy (non-hydrogen) atoms. The molecule has 0 bridgehead atoms. The number of nitrogens with one attached hydrogen (secondary N) is 1. The summed E-state index contributed by atoms with van der Waals surface area (Å²) in [5, 5.41) is 4.70. The summed E-state index contributed by atoms with van der Waals surface area (Å²) in [7, 11) is 4.10. The van der Waals surface area contributed by atoms with Crippen molar-refractivity contribution in [3.8, 4) is 5.75 Å². The number of nitrogens with zero attached hydrogens (tertiary/aromatic N) is 2. The van der Waals surface area contributed by atoms with E-state index in [9.17, 15) is 0 Å². The molecule has 4 rings (SSSR count). The molecule has 0 aliphatic carbocycles. The van der Waals surface area contributed by atoms with Gasteiger partial charge in [-0.3, -0.25) is 4.98 Å². The first-order valence-corrected chi connectivity index (χ1v) is 12.8. The van der Waals surface area contributed by atoms with Crippen molar-refractivity contribution in [3.05, 3.63) is 48.2 Å². The van der Waals surface area contributed by atoms with Gasteiger partial charge in [0.25, 0.3) is 0 Å². The molecule has 1 atom stereocenters. The third kappa shape index (κ3) is 5.92. The predicted octanol–water partition coefficient (Wildman–Crippen LogP) is 6.66. The van der Waals surface area contributed by atoms with Crippen molar-refractivity contribution in [2.75, 3.05) is 49.9 Å². The number of aromatic nitrogens is 1. The highest BCUT2D eigenvalue weighted by atomic mass is 32.2. The van der Waals surface area contributed by atoms with Gasteiger partial charge in [-0.15, -0.1) is 11.8 Å². The number of fused-ring (bicyclic) bond motifs is 1. The van der Waals surface area contributed by atoms with Crippen molar-refractivity contribution < 1.29 is 9.47 Å². The van der Waals surface area contributed by atoms with Gasteiger partial charge < -0.3 is 19.7 Å². The lowest BCUT2D eigenvalue weighted by Crippen LogP contribution is -2.15. The second-order valence-corrected chi connectivity index (χ2v) is 10.1. The molecule has 1 saturated heterocycles. The maximum absolute atomic E-state index is 6.23. The van der Waals surface area contributed by atoms with E-state index in [0.29, 0.717) is 12.5 Å². The van der Waals surface area contributed by atoms with E-state index in [1.165, 1.54) is 29.1 Å². The molecule has 6 heteroatoms. The molecule has 1 fully saturated rings. The second-order valence-electron chi connectivity index (χ2n) is 8.94. The fourth-order valence-electron chi connectivity index (χ4n) is 4.03. The number of thioether (sulfide) groups is 1. The molecule has 3 aromatic rings. The van der Waals surface area contributed by atoms with Gasteiger partial charge in [0.15, 0.2) is 0 Å². The van der Waals surface area contributed by atoms with Crippen LogP contribution >= 0.6 is 11.8 Å². The van der Waals surface area contributed by atoms with Crippen LogP contribution in [-0.4, -0.2) is 44.7 Å². The van der Waals surface area contributed by atoms with Gasteiger partial charge in [0.05, 0.1) is 24.4 Å². The smallest absolute Gasteiger partial charge is 0.144 e. The lowest BCUT2D eigenvalue weighted by molar-refractivity contribution is 0.167. The molecular formula is C27H35N3O2S. The van der Waals surface area contributed by atoms with E-state index >= 15 is 0 Å². The first-order chi connectivity index (χ1) is 16.0. The average Bonchev–Trinajstić information content (AvgIpc) is 3.32. The van der Waals surface area contributed by atoms with Crippen LogP contribution in [0.2, 0.25) is 0 Å². The van der Waals surface area contributed by atoms with Crippen LogP contribution in [0.15, 0.2) is 47.5 Å². The van der Waals surface area contributed by atoms with Crippen LogP contribution in [0.4, 0.5) is 17.1 Å². The SMILES string of the molecule is CCCCSc1ccc(Nc2ccnc3cc(OCC4CCOC4)c(N(C)C)cc23)cc1C. The van der Waals surface area contributed by atoms with E-state index in [2.05, 4.69) is 73.5 Å². The Morgan fingerprint density at radius 1 is 1.21 bits per heavy atom. The van der Waals surface area contributed by atoms with E-state index in [4.69, 9.17) is 9.47 Å². The van der Waals surface area contributed by atoms with Crippen molar-refractivity contribution in [1.29, 1.82) is 0 Å². The average molecular weight is 466 g/mol. The monoisotopic (exact) mass is 465 g/mol. The molecular weight excluding hydrogens is 430 g/mol. The molecule has 0 saturated carbocycles. The van der Waals surface area contributed by atoms with E-state index in [0.717, 1.165) is 53.3 Å². The molecule has 0 radical (unpaired) electrons. The van der Waals surface area contributed by atoms with Crippen molar-refractivity contribution in [2.45, 2.75) is 38.0 Å². The van der Waals surface area contributed by atoms with Gasteiger partial charge in [-0.2, -0.15) is 0 Å². The van der Waals surface area contributed by atoms with Gasteiger partial charge in [-0.05, 0) is 61.4 Å². The number of rotatable bonds is 10. The number of ether oxygens (including phenoxy) is 2. The Bertz CT molecular complexity index is 1080. The molecule has 1 unspecified atom stereocenters. The Morgan fingerprint density at radius 2 is 2.09 bits per heavy atom. The van der Waals surface area contributed by atoms with Crippen LogP contribution in [-0.2, 0) is 4.74 Å². The van der Waals surface area contributed by atoms with Crippen LogP contribution in [0.25, 0.3) is 10.9 Å². The molecule has 5 nitrogen and oxygen atoms in total. The number of pyridine rings is 1. The summed E-state index contributed by atoms with van der Waals surface area (Å²) in [5.74, 6) is 2.50. The van der Waals surface area contributed by atoms with Gasteiger partial charge in [0, 0.05) is 60.5 Å². The quantitative estimate of drug-likeness (QED) is 0.267. The number of hydrogen-bond acceptors (Lipinski definition) is 6. The molecule has 1 aliphatic rings. The lowest BCUT2D eigenvalue weighted by atomic mass is 10.1. The van der Waals surface area contributed by atoms with Crippen LogP contribution < -0.4 is 15.0 Å². The lowest BCUT2D eigenvalue weighted by Gasteiger charge is -2.21. The largest absolute Gasteiger partial charge is 0.491 e. The Hall–Kier alpha value is -2.44. The van der Waals surface area contributed by atoms with Crippen molar-refractivity contribution in [3.63, 3.8) is 0 Å². The van der Waals surface area contributed by atoms with Gasteiger partial charge in [-0.1, -0.05) is 13.3 Å². The first kappa shape index (κ1) is 23.7. The minimum atomic E-state index is 0.461. The third-order valence-electron chi connectivity index (χ3n) is 6.01. The van der Waals surface area contributed by atoms with Crippen LogP contribution in [0, 0.1) is 12.8 Å². The molecule has 0 amide bonds. The highest BCUT2D eigenvalue weighted by Gasteiger charge is 2.18. The van der Waals surface area contributed by atoms with E-state index in [-0.39, 0.29) is 0 Å². The summed E-state index contributed by atoms with van der Waals surface area (Å²) < 4.78 is 11.7. The van der Waals surface area contributed by atoms with Gasteiger partial charge in [0.1, 0.15) is 5.75 Å². The van der Waals surface area contributed by atoms with E-state index in [1.807, 2.05) is 24.0 Å². The summed E-state index contributed by atoms with van der Waals surface area (Å²) in [6.45, 7) is 6.72. The van der Waals surface area contributed by atoms with Crippen LogP contribution in [0.1, 0.15) is 31.7 Å². The van der Waals surface area contributed by atoms with E-state index < -0.39 is 0 Å². The van der Waals surface area contributed by atoms with Crippen LogP contribution in [0.3, 0.4) is 0 Å². The fraction of sp³-hybridized carbons (Fsp3) is 0.444. The topological polar surface area (TPSA) is 46.6 Å². The molecule has 1 aliphatic heterocycles. The zero-order valence-electron chi connectivity index (χ0n) is 20.2. The number of benzene rings is 2. The Labute approximate surface area is 201 Å². The molecule has 2 aromatic carbocycles. The molecule has 2 heterocycles. The molecule has 0 spiro atoms. The number of aryl methyl sites for hydroxylation is 1. The summed E-state index contributed by atoms with van der Waals surface area (Å²) in [4.78, 5) is 8.09. The maximum atomic E-state index is 6.23. The van der Waals surface area contributed by atoms with Crippen molar-refractivity contribution in [2.24, 2.45) is 5.92 Å². The first-order valence-electron chi connectivity index (χ1n) is 11.9. The second kappa shape index (κ2) is 11.1. The van der Waals surface area contributed by atoms with Gasteiger partial charge in [-0.25, -0.2) is 0 Å². The van der Waals surface area contributed by atoms with E-state index in [1.54, 1.807) is 0 Å². The van der Waals surface area contributed by atoms with Crippen molar-refractivity contribution in [1.82, 2.24) is 4.98 Å². The Kier molecular flexibility index (Phi) is 7.99. The summed E-state index contributed by atoms with van der Waals surface area (Å²) in [6, 6.07) is 12.9. The zero-order chi connectivity index (χ0) is 23.2. The zero-order valence-corrected chi connectivity index (χ0v) is 21.0. The molecule has 1 N–H and O–H groups in total. The standard InChI is InChI=1S/C27H35N3O2S/c1-5-6-13-33-27-8-7-21(14-19(27)2)29-23-9-11-28-24-16-26(25(30(3)4)15-22(23)24)32-18-20-10-12-31-17-20/h7-9,11,14-16,20H,5-6,10,12-13,17-18H2,1-4H3,(H,28,29). The van der Waals surface area contributed by atoms with Crippen molar-refractivity contribution >= 4 is 39.7 Å². The highest BCUT2D eigenvalue weighted by Crippen LogP contribution is 2.36. The summed E-state index contributed by atoms with van der Waals surface area (Å²) in [6.07, 6.45) is 5.40.